The summed E-state index contributed by atoms with van der Waals surface area (Å²) in [6, 6.07) is 12.3. The normalized spacial score (nSPS) is 19.8. The van der Waals surface area contributed by atoms with Gasteiger partial charge < -0.3 is 24.2 Å². The van der Waals surface area contributed by atoms with Crippen LogP contribution in [0, 0.1) is 0 Å². The van der Waals surface area contributed by atoms with Gasteiger partial charge >= 0.3 is 6.09 Å². The van der Waals surface area contributed by atoms with Gasteiger partial charge in [0.1, 0.15) is 23.7 Å². The van der Waals surface area contributed by atoms with Gasteiger partial charge in [-0.2, -0.15) is 0 Å². The molecule has 1 aliphatic rings. The summed E-state index contributed by atoms with van der Waals surface area (Å²) >= 11 is 12.3. The van der Waals surface area contributed by atoms with E-state index in [9.17, 15) is 9.90 Å². The highest BCUT2D eigenvalue weighted by Crippen LogP contribution is 2.34. The van der Waals surface area contributed by atoms with E-state index in [2.05, 4.69) is 0 Å². The fourth-order valence-corrected chi connectivity index (χ4v) is 3.41. The second kappa shape index (κ2) is 8.90. The average Bonchev–Trinajstić information content (AvgIpc) is 2.93. The molecule has 28 heavy (non-hydrogen) atoms. The summed E-state index contributed by atoms with van der Waals surface area (Å²) in [5, 5.41) is 10.3. The van der Waals surface area contributed by atoms with E-state index in [1.807, 2.05) is 0 Å². The van der Waals surface area contributed by atoms with Gasteiger partial charge in [-0.15, -0.1) is 0 Å². The second-order valence-corrected chi connectivity index (χ2v) is 7.31. The van der Waals surface area contributed by atoms with Crippen molar-refractivity contribution in [2.75, 3.05) is 33.4 Å². The molecule has 2 aromatic carbocycles. The highest BCUT2D eigenvalue weighted by atomic mass is 35.5. The Morgan fingerprint density at radius 1 is 1.18 bits per heavy atom. The maximum absolute atomic E-state index is 11.7. The summed E-state index contributed by atoms with van der Waals surface area (Å²) < 4.78 is 17.3. The number of hydrogen-bond acceptors (Lipinski definition) is 4. The van der Waals surface area contributed by atoms with Gasteiger partial charge in [0, 0.05) is 13.2 Å². The van der Waals surface area contributed by atoms with E-state index >= 15 is 0 Å². The zero-order chi connectivity index (χ0) is 20.1. The van der Waals surface area contributed by atoms with E-state index < -0.39 is 11.7 Å². The number of benzene rings is 2. The van der Waals surface area contributed by atoms with Crippen LogP contribution in [0.15, 0.2) is 42.5 Å². The van der Waals surface area contributed by atoms with Crippen LogP contribution in [-0.4, -0.2) is 49.5 Å². The van der Waals surface area contributed by atoms with Crippen molar-refractivity contribution < 1.29 is 24.1 Å². The minimum Gasteiger partial charge on any atom is -0.497 e. The van der Waals surface area contributed by atoms with E-state index in [1.165, 1.54) is 4.90 Å². The molecular formula is C20H21Cl2NO5. The van der Waals surface area contributed by atoms with Gasteiger partial charge in [0.05, 0.1) is 23.7 Å². The number of nitrogens with zero attached hydrogens (tertiary/aromatic N) is 1. The van der Waals surface area contributed by atoms with Crippen molar-refractivity contribution in [1.82, 2.24) is 4.90 Å². The number of carbonyl (C=O) groups is 1. The average molecular weight is 426 g/mol. The number of rotatable bonds is 5. The fourth-order valence-electron chi connectivity index (χ4n) is 3.12. The maximum Gasteiger partial charge on any atom is 0.407 e. The minimum absolute atomic E-state index is 0.112. The minimum atomic E-state index is -1.01. The SMILES string of the molecule is COc1ccc(OCC2(c3ccc(Cl)c(Cl)c3)CN(C(=O)O)CCCO2)cc1. The largest absolute Gasteiger partial charge is 0.497 e. The van der Waals surface area contributed by atoms with E-state index in [0.717, 1.165) is 0 Å². The standard InChI is InChI=1S/C20H21Cl2NO5/c1-26-15-4-6-16(7-5-15)27-13-20(14-3-8-17(21)18(22)11-14)12-23(19(24)25)9-2-10-28-20/h3-8,11H,2,9-10,12-13H2,1H3,(H,24,25). The smallest absolute Gasteiger partial charge is 0.407 e. The number of halogens is 2. The van der Waals surface area contributed by atoms with Crippen LogP contribution >= 0.6 is 23.2 Å². The van der Waals surface area contributed by atoms with E-state index in [0.29, 0.717) is 46.7 Å². The lowest BCUT2D eigenvalue weighted by Gasteiger charge is -2.35. The topological polar surface area (TPSA) is 68.2 Å². The third kappa shape index (κ3) is 4.63. The zero-order valence-electron chi connectivity index (χ0n) is 15.4. The highest BCUT2D eigenvalue weighted by molar-refractivity contribution is 6.42. The van der Waals surface area contributed by atoms with Crippen molar-refractivity contribution in [1.29, 1.82) is 0 Å². The second-order valence-electron chi connectivity index (χ2n) is 6.49. The molecule has 0 spiro atoms. The first kappa shape index (κ1) is 20.6. The Kier molecular flexibility index (Phi) is 6.54. The van der Waals surface area contributed by atoms with Crippen molar-refractivity contribution in [2.24, 2.45) is 0 Å². The zero-order valence-corrected chi connectivity index (χ0v) is 16.9. The van der Waals surface area contributed by atoms with Gasteiger partial charge in [0.2, 0.25) is 0 Å². The molecule has 1 aliphatic heterocycles. The predicted molar refractivity (Wildman–Crippen MR) is 107 cm³/mol. The molecule has 1 atom stereocenters. The molecule has 3 rings (SSSR count). The van der Waals surface area contributed by atoms with Crippen LogP contribution in [-0.2, 0) is 10.3 Å². The summed E-state index contributed by atoms with van der Waals surface area (Å²) in [5.41, 5.74) is -0.299. The van der Waals surface area contributed by atoms with Gasteiger partial charge in [-0.25, -0.2) is 4.79 Å². The molecule has 1 unspecified atom stereocenters. The van der Waals surface area contributed by atoms with Crippen molar-refractivity contribution in [3.05, 3.63) is 58.1 Å². The quantitative estimate of drug-likeness (QED) is 0.752. The molecule has 0 radical (unpaired) electrons. The first-order valence-corrected chi connectivity index (χ1v) is 9.53. The number of amides is 1. The van der Waals surface area contributed by atoms with Crippen LogP contribution in [0.1, 0.15) is 12.0 Å². The summed E-state index contributed by atoms with van der Waals surface area (Å²) in [7, 11) is 1.59. The number of methoxy groups -OCH3 is 1. The monoisotopic (exact) mass is 425 g/mol. The summed E-state index contributed by atoms with van der Waals surface area (Å²) in [5.74, 6) is 1.34. The van der Waals surface area contributed by atoms with E-state index in [4.69, 9.17) is 37.4 Å². The first-order valence-electron chi connectivity index (χ1n) is 8.78. The molecule has 0 bridgehead atoms. The lowest BCUT2D eigenvalue weighted by Crippen LogP contribution is -2.47. The Morgan fingerprint density at radius 3 is 2.54 bits per heavy atom. The van der Waals surface area contributed by atoms with Crippen LogP contribution in [0.5, 0.6) is 11.5 Å². The van der Waals surface area contributed by atoms with Crippen LogP contribution in [0.4, 0.5) is 4.79 Å². The van der Waals surface area contributed by atoms with Crippen LogP contribution in [0.3, 0.4) is 0 Å². The third-order valence-corrected chi connectivity index (χ3v) is 5.38. The molecule has 0 aliphatic carbocycles. The van der Waals surface area contributed by atoms with E-state index in [1.54, 1.807) is 49.6 Å². The number of ether oxygens (including phenoxy) is 3. The lowest BCUT2D eigenvalue weighted by atomic mass is 9.93. The van der Waals surface area contributed by atoms with Crippen LogP contribution in [0.25, 0.3) is 0 Å². The Labute approximate surface area is 173 Å². The maximum atomic E-state index is 11.7. The van der Waals surface area contributed by atoms with Crippen molar-refractivity contribution >= 4 is 29.3 Å². The molecular weight excluding hydrogens is 405 g/mol. The fraction of sp³-hybridized carbons (Fsp3) is 0.350. The van der Waals surface area contributed by atoms with Crippen LogP contribution in [0.2, 0.25) is 10.0 Å². The predicted octanol–water partition coefficient (Wildman–Crippen LogP) is 4.68. The first-order chi connectivity index (χ1) is 13.4. The van der Waals surface area contributed by atoms with Crippen molar-refractivity contribution in [3.8, 4) is 11.5 Å². The Hall–Kier alpha value is -2.15. The molecule has 1 amide bonds. The van der Waals surface area contributed by atoms with Gasteiger partial charge in [-0.05, 0) is 48.4 Å². The summed E-state index contributed by atoms with van der Waals surface area (Å²) in [4.78, 5) is 13.0. The molecule has 8 heteroatoms. The summed E-state index contributed by atoms with van der Waals surface area (Å²) in [6.07, 6.45) is -0.405. The molecule has 0 saturated carbocycles. The summed E-state index contributed by atoms with van der Waals surface area (Å²) in [6.45, 7) is 1.02. The van der Waals surface area contributed by atoms with Crippen LogP contribution < -0.4 is 9.47 Å². The van der Waals surface area contributed by atoms with Gasteiger partial charge in [0.15, 0.2) is 0 Å². The molecule has 150 valence electrons. The number of carboxylic acid groups (broad SMARTS) is 1. The lowest BCUT2D eigenvalue weighted by molar-refractivity contribution is -0.0773. The Balaban J connectivity index is 1.92. The molecule has 1 fully saturated rings. The van der Waals surface area contributed by atoms with Crippen molar-refractivity contribution in [2.45, 2.75) is 12.0 Å². The molecule has 2 aromatic rings. The van der Waals surface area contributed by atoms with Crippen molar-refractivity contribution in [3.63, 3.8) is 0 Å². The molecule has 0 aromatic heterocycles. The third-order valence-electron chi connectivity index (χ3n) is 4.64. The van der Waals surface area contributed by atoms with Gasteiger partial charge in [-0.3, -0.25) is 0 Å². The highest BCUT2D eigenvalue weighted by Gasteiger charge is 2.40. The molecule has 1 N–H and O–H groups in total. The molecule has 1 heterocycles. The van der Waals surface area contributed by atoms with Gasteiger partial charge in [0.25, 0.3) is 0 Å². The molecule has 6 nitrogen and oxygen atoms in total. The Morgan fingerprint density at radius 2 is 1.89 bits per heavy atom. The Bertz CT molecular complexity index is 830. The molecule has 1 saturated heterocycles. The van der Waals surface area contributed by atoms with Gasteiger partial charge in [-0.1, -0.05) is 29.3 Å². The van der Waals surface area contributed by atoms with E-state index in [-0.39, 0.29) is 13.2 Å². The number of hydrogen-bond donors (Lipinski definition) is 1.